The lowest BCUT2D eigenvalue weighted by atomic mass is 10.1. The van der Waals surface area contributed by atoms with Crippen molar-refractivity contribution in [1.29, 1.82) is 0 Å². The zero-order valence-electron chi connectivity index (χ0n) is 11.5. The third-order valence-electron chi connectivity index (χ3n) is 3.28. The van der Waals surface area contributed by atoms with Gasteiger partial charge >= 0.3 is 0 Å². The first-order valence-corrected chi connectivity index (χ1v) is 7.85. The number of nitrogens with zero attached hydrogens (tertiary/aromatic N) is 1. The Bertz CT molecular complexity index is 348. The van der Waals surface area contributed by atoms with Crippen molar-refractivity contribution in [3.63, 3.8) is 0 Å². The van der Waals surface area contributed by atoms with Gasteiger partial charge in [0.2, 0.25) is 0 Å². The Balaban J connectivity index is 0.000000183. The van der Waals surface area contributed by atoms with Crippen LogP contribution in [0.3, 0.4) is 0 Å². The van der Waals surface area contributed by atoms with Crippen molar-refractivity contribution in [2.75, 3.05) is 19.6 Å². The first-order valence-electron chi connectivity index (χ1n) is 6.86. The number of aliphatic hydroxyl groups excluding tert-OH is 1. The molecule has 1 atom stereocenters. The van der Waals surface area contributed by atoms with E-state index in [1.54, 1.807) is 0 Å². The topological polar surface area (TPSA) is 23.5 Å². The van der Waals surface area contributed by atoms with Gasteiger partial charge in [0.15, 0.2) is 0 Å². The number of likely N-dealkylation sites (tertiary alicyclic amines) is 1. The van der Waals surface area contributed by atoms with E-state index in [4.69, 9.17) is 5.11 Å². The van der Waals surface area contributed by atoms with Crippen LogP contribution in [0.2, 0.25) is 0 Å². The Kier molecular flexibility index (Phi) is 7.84. The Hall–Kier alpha value is -0.220. The van der Waals surface area contributed by atoms with E-state index >= 15 is 0 Å². The van der Waals surface area contributed by atoms with Gasteiger partial charge < -0.3 is 10.0 Å². The average Bonchev–Trinajstić information content (AvgIpc) is 2.70. The van der Waals surface area contributed by atoms with Crippen LogP contribution in [0.5, 0.6) is 0 Å². The lowest BCUT2D eigenvalue weighted by Crippen LogP contribution is -2.35. The molecule has 0 saturated carbocycles. The average molecular weight is 302 g/mol. The molecule has 0 amide bonds. The molecular weight excluding hydrogens is 278 g/mol. The van der Waals surface area contributed by atoms with Crippen LogP contribution in [0, 0.1) is 0 Å². The fourth-order valence-corrected chi connectivity index (χ4v) is 3.33. The summed E-state index contributed by atoms with van der Waals surface area (Å²) in [6, 6.07) is 8.68. The minimum absolute atomic E-state index is 0. The molecule has 0 radical (unpaired) electrons. The van der Waals surface area contributed by atoms with Crippen molar-refractivity contribution in [2.24, 2.45) is 0 Å². The number of fused-ring (bicyclic) bond motifs is 2. The number of rotatable bonds is 2. The van der Waals surface area contributed by atoms with Crippen LogP contribution < -0.4 is 0 Å². The second-order valence-corrected chi connectivity index (χ2v) is 6.20. The van der Waals surface area contributed by atoms with Crippen molar-refractivity contribution in [2.45, 2.75) is 42.9 Å². The highest BCUT2D eigenvalue weighted by atomic mass is 35.5. The summed E-state index contributed by atoms with van der Waals surface area (Å²) in [5.41, 5.74) is 1.47. The summed E-state index contributed by atoms with van der Waals surface area (Å²) in [6.07, 6.45) is 3.84. The first-order chi connectivity index (χ1) is 8.74. The van der Waals surface area contributed by atoms with Crippen LogP contribution in [0.25, 0.3) is 0 Å². The second-order valence-electron chi connectivity index (χ2n) is 5.15. The highest BCUT2D eigenvalue weighted by Gasteiger charge is 2.10. The number of hydrogen-bond donors (Lipinski definition) is 1. The van der Waals surface area contributed by atoms with Crippen LogP contribution in [-0.4, -0.2) is 35.7 Å². The third kappa shape index (κ3) is 6.17. The van der Waals surface area contributed by atoms with Crippen LogP contribution >= 0.6 is 24.2 Å². The van der Waals surface area contributed by atoms with Crippen molar-refractivity contribution < 1.29 is 5.11 Å². The molecule has 1 aromatic rings. The zero-order valence-corrected chi connectivity index (χ0v) is 13.2. The third-order valence-corrected chi connectivity index (χ3v) is 4.34. The maximum atomic E-state index is 9.06. The summed E-state index contributed by atoms with van der Waals surface area (Å²) in [5.74, 6) is 1.18. The number of hydrogen-bond acceptors (Lipinski definition) is 3. The van der Waals surface area contributed by atoms with Crippen LogP contribution in [0.4, 0.5) is 0 Å². The Morgan fingerprint density at radius 1 is 1.26 bits per heavy atom. The number of β-amino-alcohol motifs (C(OH)–C–C–N with tert-alkyl or cyclic N) is 1. The largest absolute Gasteiger partial charge is 0.392 e. The van der Waals surface area contributed by atoms with Gasteiger partial charge in [0.05, 0.1) is 6.10 Å². The van der Waals surface area contributed by atoms with Gasteiger partial charge in [-0.25, -0.2) is 0 Å². The van der Waals surface area contributed by atoms with Crippen LogP contribution in [0.15, 0.2) is 29.2 Å². The van der Waals surface area contributed by atoms with Crippen molar-refractivity contribution in [3.8, 4) is 0 Å². The molecule has 1 saturated heterocycles. The van der Waals surface area contributed by atoms with Crippen molar-refractivity contribution >= 4 is 24.2 Å². The first kappa shape index (κ1) is 16.8. The number of thioether (sulfide) groups is 1. The van der Waals surface area contributed by atoms with Gasteiger partial charge in [0.25, 0.3) is 0 Å². The Morgan fingerprint density at radius 3 is 2.58 bits per heavy atom. The van der Waals surface area contributed by atoms with E-state index in [9.17, 15) is 0 Å². The van der Waals surface area contributed by atoms with Gasteiger partial charge in [0, 0.05) is 17.2 Å². The van der Waals surface area contributed by atoms with Gasteiger partial charge in [-0.2, -0.15) is 0 Å². The van der Waals surface area contributed by atoms with E-state index < -0.39 is 0 Å². The van der Waals surface area contributed by atoms with E-state index in [-0.39, 0.29) is 18.5 Å². The molecular formula is C15H24ClNOS. The monoisotopic (exact) mass is 301 g/mol. The Labute approximate surface area is 127 Å². The molecule has 3 rings (SSSR count). The minimum Gasteiger partial charge on any atom is -0.392 e. The van der Waals surface area contributed by atoms with E-state index in [1.807, 2.05) is 18.7 Å². The molecule has 2 heterocycles. The van der Waals surface area contributed by atoms with Crippen LogP contribution in [0.1, 0.15) is 31.7 Å². The number of halogens is 1. The van der Waals surface area contributed by atoms with Gasteiger partial charge in [-0.3, -0.25) is 0 Å². The molecule has 0 aliphatic carbocycles. The molecule has 19 heavy (non-hydrogen) atoms. The predicted molar refractivity (Wildman–Crippen MR) is 85.2 cm³/mol. The Morgan fingerprint density at radius 2 is 2.00 bits per heavy atom. The normalized spacial score (nSPS) is 19.1. The van der Waals surface area contributed by atoms with Gasteiger partial charge in [-0.05, 0) is 50.6 Å². The minimum atomic E-state index is -0.155. The van der Waals surface area contributed by atoms with E-state index in [1.165, 1.54) is 48.6 Å². The standard InChI is InChI=1S/C8H17NO.C7H6S.ClH/c1-8(10)7-9-5-3-2-4-6-9;1-2-6-4-7(3-1)8-5-6;/h8,10H,2-7H2,1H3;1-4H,5H2;1H. The number of piperidine rings is 1. The lowest BCUT2D eigenvalue weighted by molar-refractivity contribution is 0.114. The molecule has 4 heteroatoms. The van der Waals surface area contributed by atoms with Gasteiger partial charge in [-0.1, -0.05) is 18.6 Å². The quantitative estimate of drug-likeness (QED) is 0.903. The molecule has 0 aromatic heterocycles. The molecule has 1 fully saturated rings. The summed E-state index contributed by atoms with van der Waals surface area (Å²) in [4.78, 5) is 3.76. The fourth-order valence-electron chi connectivity index (χ4n) is 2.41. The smallest absolute Gasteiger partial charge is 0.0639 e. The van der Waals surface area contributed by atoms with E-state index in [2.05, 4.69) is 29.2 Å². The molecule has 108 valence electrons. The summed E-state index contributed by atoms with van der Waals surface area (Å²) in [7, 11) is 0. The SMILES string of the molecule is CC(O)CN1CCCCC1.Cl.c1cc2cc(c1)SC2. The van der Waals surface area contributed by atoms with E-state index in [0.29, 0.717) is 0 Å². The maximum Gasteiger partial charge on any atom is 0.0639 e. The molecule has 2 aliphatic rings. The summed E-state index contributed by atoms with van der Waals surface area (Å²) in [5, 5.41) is 9.06. The maximum absolute atomic E-state index is 9.06. The molecule has 1 aromatic carbocycles. The number of benzene rings is 1. The molecule has 1 unspecified atom stereocenters. The molecule has 2 aliphatic heterocycles. The van der Waals surface area contributed by atoms with Crippen molar-refractivity contribution in [1.82, 2.24) is 4.90 Å². The highest BCUT2D eigenvalue weighted by Crippen LogP contribution is 2.30. The van der Waals surface area contributed by atoms with Crippen LogP contribution in [-0.2, 0) is 5.75 Å². The summed E-state index contributed by atoms with van der Waals surface area (Å²) >= 11 is 1.92. The van der Waals surface area contributed by atoms with Crippen molar-refractivity contribution in [3.05, 3.63) is 29.8 Å². The lowest BCUT2D eigenvalue weighted by Gasteiger charge is -2.27. The molecule has 1 N–H and O–H groups in total. The fraction of sp³-hybridized carbons (Fsp3) is 0.600. The predicted octanol–water partition coefficient (Wildman–Crippen LogP) is 3.57. The molecule has 2 nitrogen and oxygen atoms in total. The van der Waals surface area contributed by atoms with E-state index in [0.717, 1.165) is 6.54 Å². The molecule has 2 bridgehead atoms. The van der Waals surface area contributed by atoms with Gasteiger partial charge in [-0.15, -0.1) is 24.2 Å². The van der Waals surface area contributed by atoms with Gasteiger partial charge in [0.1, 0.15) is 0 Å². The zero-order chi connectivity index (χ0) is 12.8. The summed E-state index contributed by atoms with van der Waals surface area (Å²) in [6.45, 7) is 5.09. The highest BCUT2D eigenvalue weighted by molar-refractivity contribution is 7.98. The number of aliphatic hydroxyl groups is 1. The molecule has 0 spiro atoms. The summed E-state index contributed by atoms with van der Waals surface area (Å²) < 4.78 is 0. The second kappa shape index (κ2) is 8.85.